The molecule has 8 nitrogen and oxygen atoms in total. The van der Waals surface area contributed by atoms with E-state index in [0.717, 1.165) is 30.9 Å². The van der Waals surface area contributed by atoms with Crippen LogP contribution in [0.3, 0.4) is 0 Å². The Kier molecular flexibility index (Phi) is 6.15. The van der Waals surface area contributed by atoms with Crippen LogP contribution in [0.5, 0.6) is 5.75 Å². The number of rotatable bonds is 7. The molecule has 0 aromatic heterocycles. The van der Waals surface area contributed by atoms with Crippen molar-refractivity contribution in [2.45, 2.75) is 30.6 Å². The predicted octanol–water partition coefficient (Wildman–Crippen LogP) is 3.13. The molecule has 9 heteroatoms. The second-order valence-corrected chi connectivity index (χ2v) is 8.68. The van der Waals surface area contributed by atoms with Crippen molar-refractivity contribution in [3.63, 3.8) is 0 Å². The maximum atomic E-state index is 12.8. The number of aromatic hydroxyl groups is 1. The SMILES string of the molecule is O=[N+]([O-])c1cc(S(=O)(=O)N2CCCCC2)ccc1NCCc1ccc(O)cc1. The van der Waals surface area contributed by atoms with Gasteiger partial charge in [0.25, 0.3) is 5.69 Å². The number of hydrogen-bond acceptors (Lipinski definition) is 6. The highest BCUT2D eigenvalue weighted by Crippen LogP contribution is 2.30. The first-order chi connectivity index (χ1) is 13.4. The van der Waals surface area contributed by atoms with Crippen molar-refractivity contribution in [3.05, 3.63) is 58.1 Å². The zero-order valence-electron chi connectivity index (χ0n) is 15.4. The van der Waals surface area contributed by atoms with Crippen LogP contribution in [0.2, 0.25) is 0 Å². The van der Waals surface area contributed by atoms with E-state index in [1.165, 1.54) is 16.4 Å². The lowest BCUT2D eigenvalue weighted by Gasteiger charge is -2.25. The lowest BCUT2D eigenvalue weighted by Crippen LogP contribution is -2.35. The van der Waals surface area contributed by atoms with Gasteiger partial charge in [-0.1, -0.05) is 18.6 Å². The number of benzene rings is 2. The average Bonchev–Trinajstić information content (AvgIpc) is 2.70. The Morgan fingerprint density at radius 3 is 2.39 bits per heavy atom. The summed E-state index contributed by atoms with van der Waals surface area (Å²) in [4.78, 5) is 10.9. The lowest BCUT2D eigenvalue weighted by atomic mass is 10.1. The van der Waals surface area contributed by atoms with Gasteiger partial charge in [-0.05, 0) is 49.1 Å². The van der Waals surface area contributed by atoms with Crippen LogP contribution in [-0.2, 0) is 16.4 Å². The zero-order chi connectivity index (χ0) is 20.1. The van der Waals surface area contributed by atoms with Crippen LogP contribution < -0.4 is 5.32 Å². The number of hydrogen-bond donors (Lipinski definition) is 2. The van der Waals surface area contributed by atoms with Gasteiger partial charge in [0, 0.05) is 25.7 Å². The number of nitrogens with one attached hydrogen (secondary N) is 1. The van der Waals surface area contributed by atoms with Gasteiger partial charge < -0.3 is 10.4 Å². The Morgan fingerprint density at radius 2 is 1.75 bits per heavy atom. The van der Waals surface area contributed by atoms with Gasteiger partial charge in [0.2, 0.25) is 10.0 Å². The molecule has 1 fully saturated rings. The third-order valence-electron chi connectivity index (χ3n) is 4.78. The van der Waals surface area contributed by atoms with Gasteiger partial charge in [-0.2, -0.15) is 4.31 Å². The number of phenolic OH excluding ortho intramolecular Hbond substituents is 1. The van der Waals surface area contributed by atoms with Crippen molar-refractivity contribution in [3.8, 4) is 5.75 Å². The summed E-state index contributed by atoms with van der Waals surface area (Å²) in [6, 6.07) is 10.7. The monoisotopic (exact) mass is 405 g/mol. The number of piperidine rings is 1. The molecule has 0 amide bonds. The number of phenols is 1. The maximum Gasteiger partial charge on any atom is 0.293 e. The number of nitro benzene ring substituents is 1. The summed E-state index contributed by atoms with van der Waals surface area (Å²) >= 11 is 0. The van der Waals surface area contributed by atoms with Crippen LogP contribution in [-0.4, -0.2) is 42.4 Å². The van der Waals surface area contributed by atoms with Crippen LogP contribution in [0.25, 0.3) is 0 Å². The van der Waals surface area contributed by atoms with Crippen LogP contribution in [0, 0.1) is 10.1 Å². The molecule has 0 bridgehead atoms. The Balaban J connectivity index is 1.75. The van der Waals surface area contributed by atoms with Gasteiger partial charge in [-0.15, -0.1) is 0 Å². The van der Waals surface area contributed by atoms with Crippen molar-refractivity contribution >= 4 is 21.4 Å². The molecule has 0 aliphatic carbocycles. The molecule has 0 unspecified atom stereocenters. The summed E-state index contributed by atoms with van der Waals surface area (Å²) in [5.41, 5.74) is 0.988. The Morgan fingerprint density at radius 1 is 1.07 bits per heavy atom. The van der Waals surface area contributed by atoms with Crippen LogP contribution in [0.15, 0.2) is 47.4 Å². The van der Waals surface area contributed by atoms with E-state index in [0.29, 0.717) is 26.1 Å². The van der Waals surface area contributed by atoms with E-state index in [1.807, 2.05) is 0 Å². The summed E-state index contributed by atoms with van der Waals surface area (Å²) in [6.07, 6.45) is 3.21. The van der Waals surface area contributed by atoms with Crippen molar-refractivity contribution < 1.29 is 18.4 Å². The third kappa shape index (κ3) is 4.60. The molecule has 0 spiro atoms. The van der Waals surface area contributed by atoms with Gasteiger partial charge in [0.15, 0.2) is 0 Å². The molecule has 1 saturated heterocycles. The van der Waals surface area contributed by atoms with E-state index in [2.05, 4.69) is 5.32 Å². The van der Waals surface area contributed by atoms with Gasteiger partial charge in [-0.3, -0.25) is 10.1 Å². The molecule has 2 aromatic carbocycles. The van der Waals surface area contributed by atoms with Crippen LogP contribution in [0.4, 0.5) is 11.4 Å². The second-order valence-electron chi connectivity index (χ2n) is 6.74. The molecule has 2 aromatic rings. The molecule has 3 rings (SSSR count). The summed E-state index contributed by atoms with van der Waals surface area (Å²) in [7, 11) is -3.72. The normalized spacial score (nSPS) is 15.3. The van der Waals surface area contributed by atoms with E-state index in [-0.39, 0.29) is 22.0 Å². The standard InChI is InChI=1S/C19H23N3O5S/c23-16-6-4-15(5-7-16)10-11-20-18-9-8-17(14-19(18)22(24)25)28(26,27)21-12-2-1-3-13-21/h4-9,14,20,23H,1-3,10-13H2. The van der Waals surface area contributed by atoms with Gasteiger partial charge in [0.05, 0.1) is 9.82 Å². The average molecular weight is 405 g/mol. The van der Waals surface area contributed by atoms with E-state index < -0.39 is 14.9 Å². The molecule has 0 atom stereocenters. The summed E-state index contributed by atoms with van der Waals surface area (Å²) in [5.74, 6) is 0.179. The second kappa shape index (κ2) is 8.57. The maximum absolute atomic E-state index is 12.8. The molecule has 1 aliphatic heterocycles. The number of nitrogens with zero attached hydrogens (tertiary/aromatic N) is 2. The topological polar surface area (TPSA) is 113 Å². The highest BCUT2D eigenvalue weighted by atomic mass is 32.2. The number of anilines is 1. The van der Waals surface area contributed by atoms with Crippen LogP contribution >= 0.6 is 0 Å². The molecule has 150 valence electrons. The van der Waals surface area contributed by atoms with Gasteiger partial charge >= 0.3 is 0 Å². The fourth-order valence-electron chi connectivity index (χ4n) is 3.23. The van der Waals surface area contributed by atoms with E-state index in [4.69, 9.17) is 0 Å². The minimum absolute atomic E-state index is 0.0508. The smallest absolute Gasteiger partial charge is 0.293 e. The highest BCUT2D eigenvalue weighted by Gasteiger charge is 2.28. The molecule has 2 N–H and O–H groups in total. The Hall–Kier alpha value is -2.65. The Bertz CT molecular complexity index is 939. The predicted molar refractivity (Wildman–Crippen MR) is 106 cm³/mol. The zero-order valence-corrected chi connectivity index (χ0v) is 16.2. The molecule has 0 saturated carbocycles. The molecule has 1 aliphatic rings. The first-order valence-electron chi connectivity index (χ1n) is 9.18. The largest absolute Gasteiger partial charge is 0.508 e. The molecule has 28 heavy (non-hydrogen) atoms. The van der Waals surface area contributed by atoms with Crippen molar-refractivity contribution in [2.75, 3.05) is 25.0 Å². The lowest BCUT2D eigenvalue weighted by molar-refractivity contribution is -0.384. The van der Waals surface area contributed by atoms with Gasteiger partial charge in [-0.25, -0.2) is 8.42 Å². The molecule has 1 heterocycles. The first-order valence-corrected chi connectivity index (χ1v) is 10.6. The van der Waals surface area contributed by atoms with Crippen LogP contribution in [0.1, 0.15) is 24.8 Å². The number of nitro groups is 1. The van der Waals surface area contributed by atoms with Gasteiger partial charge in [0.1, 0.15) is 11.4 Å². The third-order valence-corrected chi connectivity index (χ3v) is 6.68. The van der Waals surface area contributed by atoms with E-state index in [1.54, 1.807) is 24.3 Å². The minimum atomic E-state index is -3.72. The summed E-state index contributed by atoms with van der Waals surface area (Å²) in [5, 5.41) is 23.8. The quantitative estimate of drug-likeness (QED) is 0.540. The van der Waals surface area contributed by atoms with E-state index >= 15 is 0 Å². The summed E-state index contributed by atoms with van der Waals surface area (Å²) < 4.78 is 26.9. The molecule has 0 radical (unpaired) electrons. The minimum Gasteiger partial charge on any atom is -0.508 e. The fourth-order valence-corrected chi connectivity index (χ4v) is 4.77. The van der Waals surface area contributed by atoms with Crippen molar-refractivity contribution in [1.82, 2.24) is 4.31 Å². The van der Waals surface area contributed by atoms with Crippen molar-refractivity contribution in [1.29, 1.82) is 0 Å². The summed E-state index contributed by atoms with van der Waals surface area (Å²) in [6.45, 7) is 1.33. The fraction of sp³-hybridized carbons (Fsp3) is 0.368. The molecular formula is C19H23N3O5S. The molecular weight excluding hydrogens is 382 g/mol. The van der Waals surface area contributed by atoms with E-state index in [9.17, 15) is 23.6 Å². The Labute approximate surface area is 164 Å². The first kappa shape index (κ1) is 20.1. The van der Waals surface area contributed by atoms with Crippen molar-refractivity contribution in [2.24, 2.45) is 0 Å². The highest BCUT2D eigenvalue weighted by molar-refractivity contribution is 7.89. The number of sulfonamides is 1.